The number of rotatable bonds is 2. The van der Waals surface area contributed by atoms with E-state index in [1.54, 1.807) is 23.5 Å². The quantitative estimate of drug-likeness (QED) is 0.743. The summed E-state index contributed by atoms with van der Waals surface area (Å²) in [5.74, 6) is 0.266. The fraction of sp³-hybridized carbons (Fsp3) is 0. The van der Waals surface area contributed by atoms with Crippen LogP contribution in [0.1, 0.15) is 0 Å². The first kappa shape index (κ1) is 11.0. The maximum atomic E-state index is 9.47. The van der Waals surface area contributed by atoms with Crippen molar-refractivity contribution in [2.75, 3.05) is 0 Å². The molecule has 0 fully saturated rings. The summed E-state index contributed by atoms with van der Waals surface area (Å²) in [5, 5.41) is 12.5. The van der Waals surface area contributed by atoms with Crippen LogP contribution in [0.25, 0.3) is 21.8 Å². The standard InChI is InChI=1S/C15H11NOS/c17-13-8-4-7-12(9-13)14-10-18-15(16-14)11-5-2-1-3-6-11/h1-10,17H. The Labute approximate surface area is 109 Å². The molecular weight excluding hydrogens is 242 g/mol. The van der Waals surface area contributed by atoms with Gasteiger partial charge in [-0.15, -0.1) is 11.3 Å². The Hall–Kier alpha value is -2.13. The van der Waals surface area contributed by atoms with E-state index in [1.165, 1.54) is 0 Å². The molecule has 18 heavy (non-hydrogen) atoms. The third kappa shape index (κ3) is 2.13. The maximum Gasteiger partial charge on any atom is 0.124 e. The third-order valence-corrected chi connectivity index (χ3v) is 3.56. The predicted octanol–water partition coefficient (Wildman–Crippen LogP) is 4.18. The molecule has 2 nitrogen and oxygen atoms in total. The van der Waals surface area contributed by atoms with Gasteiger partial charge in [0, 0.05) is 16.5 Å². The van der Waals surface area contributed by atoms with E-state index in [0.717, 1.165) is 21.8 Å². The lowest BCUT2D eigenvalue weighted by Gasteiger charge is -1.97. The number of phenolic OH excluding ortho intramolecular Hbond substituents is 1. The van der Waals surface area contributed by atoms with Gasteiger partial charge in [0.1, 0.15) is 10.8 Å². The summed E-state index contributed by atoms with van der Waals surface area (Å²) in [4.78, 5) is 4.60. The first-order valence-electron chi connectivity index (χ1n) is 5.63. The monoisotopic (exact) mass is 253 g/mol. The molecule has 0 amide bonds. The molecule has 0 spiro atoms. The lowest BCUT2D eigenvalue weighted by Crippen LogP contribution is -1.79. The Bertz CT molecular complexity index is 661. The van der Waals surface area contributed by atoms with Gasteiger partial charge in [0.15, 0.2) is 0 Å². The highest BCUT2D eigenvalue weighted by atomic mass is 32.1. The molecule has 0 aliphatic carbocycles. The Morgan fingerprint density at radius 2 is 1.67 bits per heavy atom. The van der Waals surface area contributed by atoms with E-state index in [2.05, 4.69) is 4.98 Å². The molecular formula is C15H11NOS. The summed E-state index contributed by atoms with van der Waals surface area (Å²) in [5.41, 5.74) is 2.96. The first-order valence-corrected chi connectivity index (χ1v) is 6.51. The van der Waals surface area contributed by atoms with E-state index in [9.17, 15) is 5.11 Å². The summed E-state index contributed by atoms with van der Waals surface area (Å²) in [6, 6.07) is 17.3. The van der Waals surface area contributed by atoms with Gasteiger partial charge in [-0.2, -0.15) is 0 Å². The van der Waals surface area contributed by atoms with Crippen molar-refractivity contribution in [1.29, 1.82) is 0 Å². The van der Waals surface area contributed by atoms with Crippen LogP contribution in [0.5, 0.6) is 5.75 Å². The Morgan fingerprint density at radius 1 is 0.889 bits per heavy atom. The molecule has 0 saturated heterocycles. The molecule has 0 aliphatic rings. The number of aromatic hydroxyl groups is 1. The number of benzene rings is 2. The first-order chi connectivity index (χ1) is 8.83. The molecule has 0 radical (unpaired) electrons. The van der Waals surface area contributed by atoms with Crippen molar-refractivity contribution >= 4 is 11.3 Å². The second kappa shape index (κ2) is 4.63. The highest BCUT2D eigenvalue weighted by Gasteiger charge is 2.06. The van der Waals surface area contributed by atoms with E-state index < -0.39 is 0 Å². The van der Waals surface area contributed by atoms with E-state index >= 15 is 0 Å². The van der Waals surface area contributed by atoms with Crippen molar-refractivity contribution in [3.63, 3.8) is 0 Å². The summed E-state index contributed by atoms with van der Waals surface area (Å²) in [7, 11) is 0. The van der Waals surface area contributed by atoms with Crippen LogP contribution in [0, 0.1) is 0 Å². The van der Waals surface area contributed by atoms with Crippen LogP contribution >= 0.6 is 11.3 Å². The molecule has 0 aliphatic heterocycles. The second-order valence-corrected chi connectivity index (χ2v) is 4.81. The highest BCUT2D eigenvalue weighted by Crippen LogP contribution is 2.29. The van der Waals surface area contributed by atoms with E-state index in [-0.39, 0.29) is 5.75 Å². The van der Waals surface area contributed by atoms with Crippen molar-refractivity contribution in [2.24, 2.45) is 0 Å². The van der Waals surface area contributed by atoms with Gasteiger partial charge in [0.25, 0.3) is 0 Å². The van der Waals surface area contributed by atoms with Crippen molar-refractivity contribution in [2.45, 2.75) is 0 Å². The molecule has 0 bridgehead atoms. The van der Waals surface area contributed by atoms with Crippen LogP contribution < -0.4 is 0 Å². The SMILES string of the molecule is Oc1cccc(-c2csc(-c3ccccc3)n2)c1. The van der Waals surface area contributed by atoms with Crippen LogP contribution in [-0.4, -0.2) is 10.1 Å². The summed E-state index contributed by atoms with van der Waals surface area (Å²) < 4.78 is 0. The van der Waals surface area contributed by atoms with E-state index in [0.29, 0.717) is 0 Å². The third-order valence-electron chi connectivity index (χ3n) is 2.67. The van der Waals surface area contributed by atoms with Gasteiger partial charge in [-0.3, -0.25) is 0 Å². The van der Waals surface area contributed by atoms with Crippen LogP contribution in [0.15, 0.2) is 60.0 Å². The molecule has 1 N–H and O–H groups in total. The molecule has 1 heterocycles. The van der Waals surface area contributed by atoms with Gasteiger partial charge in [0.05, 0.1) is 5.69 Å². The minimum Gasteiger partial charge on any atom is -0.508 e. The Morgan fingerprint density at radius 3 is 2.44 bits per heavy atom. The van der Waals surface area contributed by atoms with E-state index in [1.807, 2.05) is 47.8 Å². The van der Waals surface area contributed by atoms with Crippen molar-refractivity contribution in [3.05, 3.63) is 60.0 Å². The van der Waals surface area contributed by atoms with Gasteiger partial charge < -0.3 is 5.11 Å². The van der Waals surface area contributed by atoms with Crippen molar-refractivity contribution < 1.29 is 5.11 Å². The zero-order valence-electron chi connectivity index (χ0n) is 9.58. The zero-order chi connectivity index (χ0) is 12.4. The van der Waals surface area contributed by atoms with Crippen LogP contribution in [-0.2, 0) is 0 Å². The van der Waals surface area contributed by atoms with E-state index in [4.69, 9.17) is 0 Å². The largest absolute Gasteiger partial charge is 0.508 e. The molecule has 88 valence electrons. The molecule has 0 unspecified atom stereocenters. The average Bonchev–Trinajstić information content (AvgIpc) is 2.89. The lowest BCUT2D eigenvalue weighted by molar-refractivity contribution is 0.475. The normalized spacial score (nSPS) is 10.4. The van der Waals surface area contributed by atoms with Crippen LogP contribution in [0.4, 0.5) is 0 Å². The molecule has 0 saturated carbocycles. The molecule has 1 aromatic heterocycles. The Kier molecular flexibility index (Phi) is 2.82. The topological polar surface area (TPSA) is 33.1 Å². The molecule has 2 aromatic carbocycles. The van der Waals surface area contributed by atoms with Crippen molar-refractivity contribution in [1.82, 2.24) is 4.98 Å². The fourth-order valence-electron chi connectivity index (χ4n) is 1.78. The zero-order valence-corrected chi connectivity index (χ0v) is 10.4. The predicted molar refractivity (Wildman–Crippen MR) is 74.7 cm³/mol. The number of nitrogens with zero attached hydrogens (tertiary/aromatic N) is 1. The lowest BCUT2D eigenvalue weighted by atomic mass is 10.1. The summed E-state index contributed by atoms with van der Waals surface area (Å²) in [6.45, 7) is 0. The molecule has 3 rings (SSSR count). The highest BCUT2D eigenvalue weighted by molar-refractivity contribution is 7.13. The van der Waals surface area contributed by atoms with Gasteiger partial charge >= 0.3 is 0 Å². The minimum absolute atomic E-state index is 0.266. The second-order valence-electron chi connectivity index (χ2n) is 3.95. The summed E-state index contributed by atoms with van der Waals surface area (Å²) >= 11 is 1.61. The average molecular weight is 253 g/mol. The number of hydrogen-bond donors (Lipinski definition) is 1. The van der Waals surface area contributed by atoms with Gasteiger partial charge in [-0.25, -0.2) is 4.98 Å². The number of hydrogen-bond acceptors (Lipinski definition) is 3. The van der Waals surface area contributed by atoms with Crippen LogP contribution in [0.3, 0.4) is 0 Å². The molecule has 3 heteroatoms. The van der Waals surface area contributed by atoms with Crippen molar-refractivity contribution in [3.8, 4) is 27.6 Å². The molecule has 0 atom stereocenters. The van der Waals surface area contributed by atoms with Gasteiger partial charge in [-0.1, -0.05) is 42.5 Å². The smallest absolute Gasteiger partial charge is 0.124 e. The number of thiazole rings is 1. The Balaban J connectivity index is 2.00. The minimum atomic E-state index is 0.266. The maximum absolute atomic E-state index is 9.47. The van der Waals surface area contributed by atoms with Gasteiger partial charge in [0.2, 0.25) is 0 Å². The van der Waals surface area contributed by atoms with Gasteiger partial charge in [-0.05, 0) is 12.1 Å². The van der Waals surface area contributed by atoms with Crippen LogP contribution in [0.2, 0.25) is 0 Å². The summed E-state index contributed by atoms with van der Waals surface area (Å²) in [6.07, 6.45) is 0. The number of aromatic nitrogens is 1. The molecule has 3 aromatic rings. The fourth-order valence-corrected chi connectivity index (χ4v) is 2.62. The number of phenols is 1.